The summed E-state index contributed by atoms with van der Waals surface area (Å²) in [6.45, 7) is 4.74. The Morgan fingerprint density at radius 1 is 0.328 bits per heavy atom. The summed E-state index contributed by atoms with van der Waals surface area (Å²) >= 11 is 0. The molecule has 0 unspecified atom stereocenters. The lowest BCUT2D eigenvalue weighted by Gasteiger charge is -2.30. The number of hydrogen-bond donors (Lipinski definition) is 0. The van der Waals surface area contributed by atoms with E-state index in [1.165, 1.54) is 88.0 Å². The van der Waals surface area contributed by atoms with Crippen LogP contribution in [-0.4, -0.2) is 0 Å². The quantitative estimate of drug-likeness (QED) is 0.154. The first kappa shape index (κ1) is 34.1. The molecule has 0 atom stereocenters. The van der Waals surface area contributed by atoms with Gasteiger partial charge in [0.25, 0.3) is 0 Å². The summed E-state index contributed by atoms with van der Waals surface area (Å²) in [6.07, 6.45) is 0. The smallest absolute Gasteiger partial charge is 0.0546 e. The van der Waals surface area contributed by atoms with E-state index in [1.54, 1.807) is 0 Å². The van der Waals surface area contributed by atoms with Crippen LogP contribution in [-0.2, 0) is 5.41 Å². The number of nitrogens with zero attached hydrogens (tertiary/aromatic N) is 1. The molecule has 1 aliphatic rings. The minimum Gasteiger partial charge on any atom is -0.310 e. The zero-order valence-electron chi connectivity index (χ0n) is 32.7. The van der Waals surface area contributed by atoms with Crippen molar-refractivity contribution in [3.63, 3.8) is 0 Å². The molecule has 0 radical (unpaired) electrons. The molecule has 10 aromatic carbocycles. The molecule has 0 saturated carbocycles. The number of rotatable bonds is 6. The van der Waals surface area contributed by atoms with E-state index >= 15 is 0 Å². The zero-order valence-corrected chi connectivity index (χ0v) is 32.7. The van der Waals surface area contributed by atoms with E-state index in [-0.39, 0.29) is 5.41 Å². The lowest BCUT2D eigenvalue weighted by Crippen LogP contribution is -2.15. The minimum atomic E-state index is -0.118. The minimum absolute atomic E-state index is 0.118. The highest BCUT2D eigenvalue weighted by atomic mass is 15.1. The molecule has 0 N–H and O–H groups in total. The van der Waals surface area contributed by atoms with Gasteiger partial charge in [0.1, 0.15) is 0 Å². The van der Waals surface area contributed by atoms with Crippen LogP contribution >= 0.6 is 0 Å². The van der Waals surface area contributed by atoms with Crippen molar-refractivity contribution < 1.29 is 0 Å². The van der Waals surface area contributed by atoms with Crippen molar-refractivity contribution in [3.8, 4) is 44.5 Å². The highest BCUT2D eigenvalue weighted by Gasteiger charge is 2.35. The summed E-state index contributed by atoms with van der Waals surface area (Å²) in [4.78, 5) is 2.47. The first-order valence-electron chi connectivity index (χ1n) is 20.3. The average Bonchev–Trinajstić information content (AvgIpc) is 3.52. The summed E-state index contributed by atoms with van der Waals surface area (Å²) in [5.74, 6) is 0. The highest BCUT2D eigenvalue weighted by Crippen LogP contribution is 2.52. The monoisotopic (exact) mass is 739 g/mol. The Morgan fingerprint density at radius 3 is 1.76 bits per heavy atom. The number of anilines is 3. The lowest BCUT2D eigenvalue weighted by atomic mass is 9.81. The maximum absolute atomic E-state index is 2.47. The molecule has 0 aliphatic heterocycles. The van der Waals surface area contributed by atoms with E-state index in [9.17, 15) is 0 Å². The van der Waals surface area contributed by atoms with Crippen LogP contribution in [0.15, 0.2) is 212 Å². The Kier molecular flexibility index (Phi) is 7.91. The second kappa shape index (κ2) is 13.5. The predicted octanol–water partition coefficient (Wildman–Crippen LogP) is 15.9. The van der Waals surface area contributed by atoms with E-state index in [0.717, 1.165) is 17.1 Å². The number of hydrogen-bond acceptors (Lipinski definition) is 1. The molecular formula is C57H41N. The Bertz CT molecular complexity index is 3190. The lowest BCUT2D eigenvalue weighted by molar-refractivity contribution is 0.660. The van der Waals surface area contributed by atoms with Crippen molar-refractivity contribution in [1.82, 2.24) is 0 Å². The summed E-state index contributed by atoms with van der Waals surface area (Å²) in [7, 11) is 0. The van der Waals surface area contributed by atoms with Crippen LogP contribution in [0.3, 0.4) is 0 Å². The van der Waals surface area contributed by atoms with Gasteiger partial charge in [-0.2, -0.15) is 0 Å². The third-order valence-corrected chi connectivity index (χ3v) is 12.4. The Hall–Kier alpha value is -7.22. The van der Waals surface area contributed by atoms with Gasteiger partial charge in [-0.25, -0.2) is 0 Å². The standard InChI is InChI=1S/C57H41N/c1-57(2)53-25-13-12-23-50(53)51-34-30-43(37-54(51)57)47-24-14-26-55(56(47)52-36-42-19-8-9-20-46(42)48-21-10-11-22-49(48)52)58(45-33-29-39-17-6-7-18-41(39)35-45)44-31-27-40(28-32-44)38-15-4-3-5-16-38/h3-37H,1-2H3. The summed E-state index contributed by atoms with van der Waals surface area (Å²) in [6, 6.07) is 78.4. The molecule has 0 spiro atoms. The summed E-state index contributed by atoms with van der Waals surface area (Å²) in [5, 5.41) is 7.42. The fourth-order valence-electron chi connectivity index (χ4n) is 9.56. The van der Waals surface area contributed by atoms with Crippen LogP contribution in [0.2, 0.25) is 0 Å². The van der Waals surface area contributed by atoms with Crippen molar-refractivity contribution in [2.75, 3.05) is 4.90 Å². The molecule has 0 saturated heterocycles. The molecule has 0 bridgehead atoms. The van der Waals surface area contributed by atoms with Crippen molar-refractivity contribution in [2.24, 2.45) is 0 Å². The molecule has 0 heterocycles. The van der Waals surface area contributed by atoms with E-state index in [1.807, 2.05) is 0 Å². The second-order valence-electron chi connectivity index (χ2n) is 16.1. The van der Waals surface area contributed by atoms with Gasteiger partial charge in [0.05, 0.1) is 5.69 Å². The molecule has 1 aliphatic carbocycles. The Labute approximate surface area is 340 Å². The Morgan fingerprint density at radius 2 is 0.931 bits per heavy atom. The Balaban J connectivity index is 1.21. The molecule has 1 heteroatoms. The third-order valence-electron chi connectivity index (χ3n) is 12.4. The molecule has 0 fully saturated rings. The maximum atomic E-state index is 2.47. The van der Waals surface area contributed by atoms with E-state index in [4.69, 9.17) is 0 Å². The number of benzene rings is 10. The SMILES string of the molecule is CC1(C)c2ccccc2-c2ccc(-c3cccc(N(c4ccc(-c5ccccc5)cc4)c4ccc5ccccc5c4)c3-c3cc4ccccc4c4ccccc34)cc21. The molecule has 58 heavy (non-hydrogen) atoms. The molecule has 0 aromatic heterocycles. The molecule has 274 valence electrons. The van der Waals surface area contributed by atoms with Crippen LogP contribution in [0.25, 0.3) is 76.8 Å². The van der Waals surface area contributed by atoms with Crippen LogP contribution in [0.4, 0.5) is 17.1 Å². The summed E-state index contributed by atoms with van der Waals surface area (Å²) < 4.78 is 0. The largest absolute Gasteiger partial charge is 0.310 e. The maximum Gasteiger partial charge on any atom is 0.0546 e. The van der Waals surface area contributed by atoms with E-state index in [2.05, 4.69) is 231 Å². The topological polar surface area (TPSA) is 3.24 Å². The van der Waals surface area contributed by atoms with Crippen molar-refractivity contribution in [2.45, 2.75) is 19.3 Å². The molecule has 0 amide bonds. The zero-order chi connectivity index (χ0) is 38.8. The number of fused-ring (bicyclic) bond motifs is 7. The van der Waals surface area contributed by atoms with Gasteiger partial charge >= 0.3 is 0 Å². The van der Waals surface area contributed by atoms with Gasteiger partial charge in [0, 0.05) is 22.4 Å². The average molecular weight is 740 g/mol. The fourth-order valence-corrected chi connectivity index (χ4v) is 9.56. The molecule has 10 aromatic rings. The van der Waals surface area contributed by atoms with Crippen LogP contribution in [0, 0.1) is 0 Å². The summed E-state index contributed by atoms with van der Waals surface area (Å²) in [5.41, 5.74) is 15.9. The van der Waals surface area contributed by atoms with Gasteiger partial charge in [0.15, 0.2) is 0 Å². The first-order chi connectivity index (χ1) is 28.5. The first-order valence-corrected chi connectivity index (χ1v) is 20.3. The van der Waals surface area contributed by atoms with Gasteiger partial charge in [-0.3, -0.25) is 0 Å². The van der Waals surface area contributed by atoms with Crippen molar-refractivity contribution in [3.05, 3.63) is 223 Å². The van der Waals surface area contributed by atoms with Gasteiger partial charge in [-0.05, 0) is 125 Å². The molecule has 11 rings (SSSR count). The van der Waals surface area contributed by atoms with Crippen LogP contribution in [0.5, 0.6) is 0 Å². The highest BCUT2D eigenvalue weighted by molar-refractivity contribution is 6.16. The van der Waals surface area contributed by atoms with E-state index in [0.29, 0.717) is 0 Å². The normalized spacial score (nSPS) is 12.8. The third kappa shape index (κ3) is 5.46. The van der Waals surface area contributed by atoms with Crippen LogP contribution < -0.4 is 4.90 Å². The van der Waals surface area contributed by atoms with Gasteiger partial charge in [0.2, 0.25) is 0 Å². The predicted molar refractivity (Wildman–Crippen MR) is 248 cm³/mol. The molecular weight excluding hydrogens is 699 g/mol. The van der Waals surface area contributed by atoms with Gasteiger partial charge in [-0.1, -0.05) is 184 Å². The van der Waals surface area contributed by atoms with Gasteiger partial charge < -0.3 is 4.90 Å². The van der Waals surface area contributed by atoms with Gasteiger partial charge in [-0.15, -0.1) is 0 Å². The fraction of sp³-hybridized carbons (Fsp3) is 0.0526. The molecule has 1 nitrogen and oxygen atoms in total. The van der Waals surface area contributed by atoms with Crippen LogP contribution in [0.1, 0.15) is 25.0 Å². The van der Waals surface area contributed by atoms with Crippen molar-refractivity contribution in [1.29, 1.82) is 0 Å². The van der Waals surface area contributed by atoms with Crippen molar-refractivity contribution >= 4 is 49.4 Å². The second-order valence-corrected chi connectivity index (χ2v) is 16.1. The van der Waals surface area contributed by atoms with E-state index < -0.39 is 0 Å².